The summed E-state index contributed by atoms with van der Waals surface area (Å²) in [6, 6.07) is 16.3. The molecule has 2 heterocycles. The van der Waals surface area contributed by atoms with Crippen molar-refractivity contribution < 1.29 is 0 Å². The average molecular weight is 407 g/mol. The Hall–Kier alpha value is -1.37. The Balaban J connectivity index is 1.71. The van der Waals surface area contributed by atoms with Gasteiger partial charge in [-0.1, -0.05) is 54.4 Å². The van der Waals surface area contributed by atoms with Crippen molar-refractivity contribution >= 4 is 40.5 Å². The Morgan fingerprint density at radius 2 is 1.54 bits per heavy atom. The summed E-state index contributed by atoms with van der Waals surface area (Å²) in [4.78, 5) is 0. The quantitative estimate of drug-likeness (QED) is 0.566. The third-order valence-electron chi connectivity index (χ3n) is 5.42. The molecule has 2 aliphatic rings. The van der Waals surface area contributed by atoms with Crippen molar-refractivity contribution in [2.24, 2.45) is 5.92 Å². The SMILES string of the molecule is CC1C(c2ccc(Cl)cc2)NC(c2ccc(Cl)cc2)CC12NNC(=S)N2. The predicted molar refractivity (Wildman–Crippen MR) is 110 cm³/mol. The fourth-order valence-corrected chi connectivity index (χ4v) is 4.42. The van der Waals surface area contributed by atoms with E-state index in [9.17, 15) is 0 Å². The normalized spacial score (nSPS) is 30.9. The van der Waals surface area contributed by atoms with Gasteiger partial charge < -0.3 is 10.6 Å². The van der Waals surface area contributed by atoms with E-state index >= 15 is 0 Å². The van der Waals surface area contributed by atoms with Crippen LogP contribution in [-0.4, -0.2) is 10.8 Å². The van der Waals surface area contributed by atoms with E-state index in [0.29, 0.717) is 5.11 Å². The van der Waals surface area contributed by atoms with E-state index in [0.717, 1.165) is 16.5 Å². The van der Waals surface area contributed by atoms with E-state index in [-0.39, 0.29) is 23.7 Å². The van der Waals surface area contributed by atoms with Gasteiger partial charge in [0.25, 0.3) is 0 Å². The van der Waals surface area contributed by atoms with Gasteiger partial charge in [0.15, 0.2) is 5.11 Å². The molecule has 136 valence electrons. The van der Waals surface area contributed by atoms with Crippen LogP contribution in [-0.2, 0) is 0 Å². The molecule has 2 saturated heterocycles. The van der Waals surface area contributed by atoms with Crippen LogP contribution >= 0.6 is 35.4 Å². The standard InChI is InChI=1S/C19H20Cl2N4S/c1-11-17(13-4-8-15(21)9-5-13)22-16(12-2-6-14(20)7-3-12)10-19(11)23-18(26)24-25-19/h2-9,11,16-17,22,25H,10H2,1H3,(H2,23,24,26). The molecule has 0 radical (unpaired) electrons. The van der Waals surface area contributed by atoms with E-state index in [1.807, 2.05) is 24.3 Å². The molecule has 0 amide bonds. The maximum absolute atomic E-state index is 6.08. The molecule has 4 nitrogen and oxygen atoms in total. The summed E-state index contributed by atoms with van der Waals surface area (Å²) in [5, 5.41) is 9.37. The second kappa shape index (κ2) is 6.98. The monoisotopic (exact) mass is 406 g/mol. The number of hydrogen-bond acceptors (Lipinski definition) is 3. The molecule has 2 aromatic carbocycles. The van der Waals surface area contributed by atoms with Crippen LogP contribution in [0.3, 0.4) is 0 Å². The lowest BCUT2D eigenvalue weighted by Gasteiger charge is -2.48. The van der Waals surface area contributed by atoms with Crippen molar-refractivity contribution in [2.45, 2.75) is 31.1 Å². The molecule has 0 aliphatic carbocycles. The fraction of sp³-hybridized carbons (Fsp3) is 0.316. The topological polar surface area (TPSA) is 48.1 Å². The summed E-state index contributed by atoms with van der Waals surface area (Å²) in [6.07, 6.45) is 0.840. The molecule has 2 aliphatic heterocycles. The molecule has 0 bridgehead atoms. The van der Waals surface area contributed by atoms with Crippen LogP contribution in [0.5, 0.6) is 0 Å². The van der Waals surface area contributed by atoms with E-state index in [1.165, 1.54) is 11.1 Å². The van der Waals surface area contributed by atoms with E-state index in [4.69, 9.17) is 35.4 Å². The molecular weight excluding hydrogens is 387 g/mol. The van der Waals surface area contributed by atoms with E-state index < -0.39 is 0 Å². The fourth-order valence-electron chi connectivity index (χ4n) is 3.94. The average Bonchev–Trinajstić information content (AvgIpc) is 3.00. The molecule has 2 fully saturated rings. The van der Waals surface area contributed by atoms with Gasteiger partial charge in [0.2, 0.25) is 0 Å². The Morgan fingerprint density at radius 3 is 2.08 bits per heavy atom. The van der Waals surface area contributed by atoms with Gasteiger partial charge in [-0.3, -0.25) is 5.43 Å². The van der Waals surface area contributed by atoms with Crippen molar-refractivity contribution in [1.82, 2.24) is 21.5 Å². The Bertz CT molecular complexity index is 811. The third-order valence-corrected chi connectivity index (χ3v) is 6.13. The highest BCUT2D eigenvalue weighted by Gasteiger charge is 2.50. The van der Waals surface area contributed by atoms with Crippen LogP contribution in [0.25, 0.3) is 0 Å². The molecule has 2 aromatic rings. The summed E-state index contributed by atoms with van der Waals surface area (Å²) >= 11 is 17.5. The maximum atomic E-state index is 6.08. The van der Waals surface area contributed by atoms with E-state index in [1.54, 1.807) is 0 Å². The first-order valence-electron chi connectivity index (χ1n) is 8.59. The van der Waals surface area contributed by atoms with Crippen LogP contribution in [0.1, 0.15) is 36.6 Å². The van der Waals surface area contributed by atoms with E-state index in [2.05, 4.69) is 52.7 Å². The number of thiocarbonyl (C=S) groups is 1. The lowest BCUT2D eigenvalue weighted by atomic mass is 9.75. The minimum atomic E-state index is -0.336. The van der Waals surface area contributed by atoms with Gasteiger partial charge in [0.05, 0.1) is 0 Å². The first kappa shape index (κ1) is 18.0. The zero-order chi connectivity index (χ0) is 18.3. The molecule has 0 saturated carbocycles. The number of hydrazine groups is 1. The lowest BCUT2D eigenvalue weighted by molar-refractivity contribution is 0.0893. The second-order valence-corrected chi connectivity index (χ2v) is 8.25. The predicted octanol–water partition coefficient (Wildman–Crippen LogP) is 4.08. The zero-order valence-corrected chi connectivity index (χ0v) is 16.6. The van der Waals surface area contributed by atoms with Crippen LogP contribution < -0.4 is 21.5 Å². The summed E-state index contributed by atoms with van der Waals surface area (Å²) in [5.74, 6) is 0.236. The summed E-state index contributed by atoms with van der Waals surface area (Å²) in [7, 11) is 0. The molecule has 4 atom stereocenters. The van der Waals surface area contributed by atoms with Gasteiger partial charge in [-0.2, -0.15) is 0 Å². The molecule has 0 aromatic heterocycles. The Kier molecular flexibility index (Phi) is 4.84. The first-order chi connectivity index (χ1) is 12.5. The van der Waals surface area contributed by atoms with Crippen LogP contribution in [0.15, 0.2) is 48.5 Å². The van der Waals surface area contributed by atoms with Crippen LogP contribution in [0, 0.1) is 5.92 Å². The summed E-state index contributed by atoms with van der Waals surface area (Å²) in [5.41, 5.74) is 8.53. The van der Waals surface area contributed by atoms with Crippen molar-refractivity contribution in [3.05, 3.63) is 69.7 Å². The van der Waals surface area contributed by atoms with Gasteiger partial charge in [-0.15, -0.1) is 0 Å². The molecular formula is C19H20Cl2N4S. The van der Waals surface area contributed by atoms with Crippen molar-refractivity contribution in [1.29, 1.82) is 0 Å². The van der Waals surface area contributed by atoms with Crippen LogP contribution in [0.4, 0.5) is 0 Å². The molecule has 4 rings (SSSR count). The lowest BCUT2D eigenvalue weighted by Crippen LogP contribution is -2.63. The van der Waals surface area contributed by atoms with Gasteiger partial charge in [-0.25, -0.2) is 5.43 Å². The highest BCUT2D eigenvalue weighted by atomic mass is 35.5. The first-order valence-corrected chi connectivity index (χ1v) is 9.75. The summed E-state index contributed by atoms with van der Waals surface area (Å²) < 4.78 is 0. The number of piperidine rings is 1. The number of halogens is 2. The van der Waals surface area contributed by atoms with Gasteiger partial charge in [0.1, 0.15) is 5.66 Å². The highest BCUT2D eigenvalue weighted by molar-refractivity contribution is 7.80. The highest BCUT2D eigenvalue weighted by Crippen LogP contribution is 2.42. The summed E-state index contributed by atoms with van der Waals surface area (Å²) in [6.45, 7) is 2.22. The second-order valence-electron chi connectivity index (χ2n) is 6.97. The largest absolute Gasteiger partial charge is 0.342 e. The van der Waals surface area contributed by atoms with Gasteiger partial charge >= 0.3 is 0 Å². The maximum Gasteiger partial charge on any atom is 0.182 e. The molecule has 7 heteroatoms. The Morgan fingerprint density at radius 1 is 0.962 bits per heavy atom. The molecule has 1 spiro atoms. The number of rotatable bonds is 2. The molecule has 4 N–H and O–H groups in total. The Labute approximate surface area is 168 Å². The van der Waals surface area contributed by atoms with Crippen molar-refractivity contribution in [3.8, 4) is 0 Å². The number of hydrogen-bond donors (Lipinski definition) is 4. The number of nitrogens with one attached hydrogen (secondary N) is 4. The minimum absolute atomic E-state index is 0.129. The van der Waals surface area contributed by atoms with Crippen molar-refractivity contribution in [2.75, 3.05) is 0 Å². The minimum Gasteiger partial charge on any atom is -0.342 e. The van der Waals surface area contributed by atoms with Crippen molar-refractivity contribution in [3.63, 3.8) is 0 Å². The third kappa shape index (κ3) is 3.30. The van der Waals surface area contributed by atoms with Gasteiger partial charge in [0, 0.05) is 34.5 Å². The van der Waals surface area contributed by atoms with Crippen LogP contribution in [0.2, 0.25) is 10.0 Å². The molecule has 4 unspecified atom stereocenters. The smallest absolute Gasteiger partial charge is 0.182 e. The van der Waals surface area contributed by atoms with Gasteiger partial charge in [-0.05, 0) is 47.6 Å². The zero-order valence-electron chi connectivity index (χ0n) is 14.2. The molecule has 26 heavy (non-hydrogen) atoms. The number of benzene rings is 2.